The molecule has 5 nitrogen and oxygen atoms in total. The first-order valence-corrected chi connectivity index (χ1v) is 7.87. The predicted octanol–water partition coefficient (Wildman–Crippen LogP) is 4.21. The zero-order chi connectivity index (χ0) is 17.5. The molecule has 126 valence electrons. The summed E-state index contributed by atoms with van der Waals surface area (Å²) in [5, 5.41) is 3.64. The number of benzene rings is 2. The third-order valence-electron chi connectivity index (χ3n) is 2.75. The van der Waals surface area contributed by atoms with Crippen LogP contribution < -0.4 is 10.1 Å². The van der Waals surface area contributed by atoms with Crippen LogP contribution in [0, 0.1) is 0 Å². The smallest absolute Gasteiger partial charge is 0.344 e. The summed E-state index contributed by atoms with van der Waals surface area (Å²) in [4.78, 5) is 23.3. The highest BCUT2D eigenvalue weighted by molar-refractivity contribution is 6.35. The van der Waals surface area contributed by atoms with Gasteiger partial charge in [-0.2, -0.15) is 0 Å². The van der Waals surface area contributed by atoms with Gasteiger partial charge >= 0.3 is 5.97 Å². The van der Waals surface area contributed by atoms with Crippen molar-refractivity contribution < 1.29 is 19.1 Å². The molecule has 0 unspecified atom stereocenters. The number of hydrogen-bond donors (Lipinski definition) is 1. The number of carbonyl (C=O) groups is 2. The van der Waals surface area contributed by atoms with Crippen LogP contribution in [0.25, 0.3) is 0 Å². The minimum absolute atomic E-state index is 0.270. The van der Waals surface area contributed by atoms with E-state index in [1.54, 1.807) is 30.3 Å². The third kappa shape index (κ3) is 5.60. The van der Waals surface area contributed by atoms with Crippen molar-refractivity contribution >= 4 is 52.4 Å². The van der Waals surface area contributed by atoms with E-state index in [-0.39, 0.29) is 11.6 Å². The van der Waals surface area contributed by atoms with E-state index in [9.17, 15) is 9.59 Å². The second kappa shape index (κ2) is 8.78. The number of anilines is 1. The Labute approximate surface area is 153 Å². The number of hydrogen-bond acceptors (Lipinski definition) is 4. The minimum atomic E-state index is -0.713. The van der Waals surface area contributed by atoms with Crippen LogP contribution in [0.15, 0.2) is 42.5 Å². The Morgan fingerprint density at radius 3 is 2.42 bits per heavy atom. The molecule has 0 fully saturated rings. The summed E-state index contributed by atoms with van der Waals surface area (Å²) >= 11 is 17.6. The number of esters is 1. The fourth-order valence-corrected chi connectivity index (χ4v) is 2.31. The Morgan fingerprint density at radius 2 is 1.71 bits per heavy atom. The molecule has 0 saturated heterocycles. The van der Waals surface area contributed by atoms with Crippen LogP contribution >= 0.6 is 34.8 Å². The van der Waals surface area contributed by atoms with Gasteiger partial charge in [0.15, 0.2) is 13.2 Å². The molecule has 0 aliphatic heterocycles. The van der Waals surface area contributed by atoms with Gasteiger partial charge in [-0.3, -0.25) is 4.79 Å². The monoisotopic (exact) mass is 387 g/mol. The van der Waals surface area contributed by atoms with Crippen molar-refractivity contribution in [3.63, 3.8) is 0 Å². The van der Waals surface area contributed by atoms with Crippen LogP contribution in [0.4, 0.5) is 5.69 Å². The number of amides is 1. The lowest BCUT2D eigenvalue weighted by molar-refractivity contribution is -0.149. The molecule has 24 heavy (non-hydrogen) atoms. The maximum Gasteiger partial charge on any atom is 0.344 e. The molecular weight excluding hydrogens is 377 g/mol. The van der Waals surface area contributed by atoms with Crippen molar-refractivity contribution in [2.75, 3.05) is 18.5 Å². The summed E-state index contributed by atoms with van der Waals surface area (Å²) in [6.45, 7) is -0.845. The average molecular weight is 389 g/mol. The van der Waals surface area contributed by atoms with E-state index in [0.717, 1.165) is 0 Å². The summed E-state index contributed by atoms with van der Waals surface area (Å²) in [7, 11) is 0. The number of nitrogens with one attached hydrogen (secondary N) is 1. The minimum Gasteiger partial charge on any atom is -0.480 e. The molecule has 8 heteroatoms. The van der Waals surface area contributed by atoms with Crippen molar-refractivity contribution in [3.8, 4) is 5.75 Å². The lowest BCUT2D eigenvalue weighted by atomic mass is 10.3. The second-order valence-electron chi connectivity index (χ2n) is 4.55. The lowest BCUT2D eigenvalue weighted by Crippen LogP contribution is -2.23. The molecule has 1 N–H and O–H groups in total. The van der Waals surface area contributed by atoms with Gasteiger partial charge in [0, 0.05) is 5.02 Å². The Balaban J connectivity index is 1.76. The van der Waals surface area contributed by atoms with E-state index < -0.39 is 18.5 Å². The Morgan fingerprint density at radius 1 is 0.958 bits per heavy atom. The molecule has 0 heterocycles. The fourth-order valence-electron chi connectivity index (χ4n) is 1.67. The topological polar surface area (TPSA) is 64.6 Å². The highest BCUT2D eigenvalue weighted by atomic mass is 35.5. The van der Waals surface area contributed by atoms with Crippen molar-refractivity contribution in [1.29, 1.82) is 0 Å². The van der Waals surface area contributed by atoms with Gasteiger partial charge in [0.25, 0.3) is 5.91 Å². The van der Waals surface area contributed by atoms with E-state index in [1.165, 1.54) is 12.1 Å². The third-order valence-corrected chi connectivity index (χ3v) is 3.61. The zero-order valence-corrected chi connectivity index (χ0v) is 14.5. The van der Waals surface area contributed by atoms with Crippen molar-refractivity contribution in [3.05, 3.63) is 57.5 Å². The lowest BCUT2D eigenvalue weighted by Gasteiger charge is -2.09. The summed E-state index contributed by atoms with van der Waals surface area (Å²) < 4.78 is 10.0. The Hall–Kier alpha value is -1.95. The van der Waals surface area contributed by atoms with Gasteiger partial charge in [0.2, 0.25) is 0 Å². The molecule has 0 aromatic heterocycles. The van der Waals surface area contributed by atoms with E-state index in [2.05, 4.69) is 5.32 Å². The largest absolute Gasteiger partial charge is 0.480 e. The first-order valence-electron chi connectivity index (χ1n) is 6.73. The number of halogens is 3. The number of rotatable bonds is 6. The molecule has 2 aromatic rings. The number of para-hydroxylation sites is 1. The number of carbonyl (C=O) groups excluding carboxylic acids is 2. The van der Waals surface area contributed by atoms with E-state index in [0.29, 0.717) is 21.5 Å². The van der Waals surface area contributed by atoms with Gasteiger partial charge in [-0.1, -0.05) is 46.9 Å². The van der Waals surface area contributed by atoms with Crippen LogP contribution in [0.3, 0.4) is 0 Å². The van der Waals surface area contributed by atoms with Crippen LogP contribution in [0.2, 0.25) is 15.1 Å². The Kier molecular flexibility index (Phi) is 6.73. The van der Waals surface area contributed by atoms with E-state index in [4.69, 9.17) is 44.3 Å². The van der Waals surface area contributed by atoms with E-state index >= 15 is 0 Å². The van der Waals surface area contributed by atoms with Crippen molar-refractivity contribution in [1.82, 2.24) is 0 Å². The summed E-state index contributed by atoms with van der Waals surface area (Å²) in [5.74, 6) is -0.935. The molecule has 0 aliphatic rings. The summed E-state index contributed by atoms with van der Waals surface area (Å²) in [5.41, 5.74) is 0.435. The summed E-state index contributed by atoms with van der Waals surface area (Å²) in [6, 6.07) is 11.3. The predicted molar refractivity (Wildman–Crippen MR) is 93.0 cm³/mol. The van der Waals surface area contributed by atoms with Gasteiger partial charge < -0.3 is 14.8 Å². The van der Waals surface area contributed by atoms with Gasteiger partial charge in [-0.05, 0) is 30.3 Å². The quantitative estimate of drug-likeness (QED) is 0.753. The van der Waals surface area contributed by atoms with Crippen LogP contribution in [0.5, 0.6) is 5.75 Å². The number of ether oxygens (including phenoxy) is 2. The van der Waals surface area contributed by atoms with Crippen LogP contribution in [-0.2, 0) is 14.3 Å². The zero-order valence-electron chi connectivity index (χ0n) is 12.2. The highest BCUT2D eigenvalue weighted by Gasteiger charge is 2.11. The first-order chi connectivity index (χ1) is 11.5. The maximum atomic E-state index is 11.7. The SMILES string of the molecule is O=C(COC(=O)COc1ccc(Cl)cc1Cl)Nc1ccccc1Cl. The molecule has 0 atom stereocenters. The van der Waals surface area contributed by atoms with Gasteiger partial charge in [0.05, 0.1) is 15.7 Å². The fraction of sp³-hybridized carbons (Fsp3) is 0.125. The average Bonchev–Trinajstić information content (AvgIpc) is 2.54. The standard InChI is InChI=1S/C16H12Cl3NO4/c17-10-5-6-14(12(19)7-10)23-9-16(22)24-8-15(21)20-13-4-2-1-3-11(13)18/h1-7H,8-9H2,(H,20,21). The molecular formula is C16H12Cl3NO4. The summed E-state index contributed by atoms with van der Waals surface area (Å²) in [6.07, 6.45) is 0. The normalized spacial score (nSPS) is 10.1. The van der Waals surface area contributed by atoms with Crippen LogP contribution in [0.1, 0.15) is 0 Å². The Bertz CT molecular complexity index is 752. The molecule has 0 saturated carbocycles. The molecule has 2 rings (SSSR count). The van der Waals surface area contributed by atoms with Gasteiger partial charge in [-0.25, -0.2) is 4.79 Å². The van der Waals surface area contributed by atoms with Crippen LogP contribution in [-0.4, -0.2) is 25.1 Å². The second-order valence-corrected chi connectivity index (χ2v) is 5.80. The van der Waals surface area contributed by atoms with Crippen molar-refractivity contribution in [2.45, 2.75) is 0 Å². The highest BCUT2D eigenvalue weighted by Crippen LogP contribution is 2.27. The van der Waals surface area contributed by atoms with Gasteiger partial charge in [0.1, 0.15) is 5.75 Å². The molecule has 0 spiro atoms. The van der Waals surface area contributed by atoms with Gasteiger partial charge in [-0.15, -0.1) is 0 Å². The van der Waals surface area contributed by atoms with E-state index in [1.807, 2.05) is 0 Å². The molecule has 0 radical (unpaired) electrons. The molecule has 2 aromatic carbocycles. The van der Waals surface area contributed by atoms with Crippen molar-refractivity contribution in [2.24, 2.45) is 0 Å². The molecule has 0 aliphatic carbocycles. The maximum absolute atomic E-state index is 11.7. The molecule has 0 bridgehead atoms. The first kappa shape index (κ1) is 18.4. The molecule has 1 amide bonds.